The molecule has 1 aromatic carbocycles. The molecule has 3 N–H and O–H groups in total. The molecule has 2 atom stereocenters. The van der Waals surface area contributed by atoms with Crippen molar-refractivity contribution >= 4 is 29.9 Å². The van der Waals surface area contributed by atoms with Crippen LogP contribution in [0.15, 0.2) is 24.3 Å². The van der Waals surface area contributed by atoms with E-state index in [1.54, 1.807) is 24.3 Å². The van der Waals surface area contributed by atoms with Gasteiger partial charge >= 0.3 is 0 Å². The summed E-state index contributed by atoms with van der Waals surface area (Å²) in [6.45, 7) is 1.69. The molecule has 1 saturated heterocycles. The average Bonchev–Trinajstić information content (AvgIpc) is 3.20. The van der Waals surface area contributed by atoms with Crippen molar-refractivity contribution in [2.45, 2.75) is 44.6 Å². The summed E-state index contributed by atoms with van der Waals surface area (Å²) in [5.41, 5.74) is 7.43. The maximum Gasteiger partial charge on any atom is 0.253 e. The van der Waals surface area contributed by atoms with Crippen LogP contribution in [0.5, 0.6) is 0 Å². The Morgan fingerprint density at radius 2 is 1.75 bits per heavy atom. The number of benzene rings is 1. The Morgan fingerprint density at radius 3 is 2.33 bits per heavy atom. The molecule has 3 rings (SSSR count). The normalized spacial score (nSPS) is 23.0. The molecule has 1 aliphatic carbocycles. The number of halogens is 1. The van der Waals surface area contributed by atoms with Crippen LogP contribution in [0.25, 0.3) is 0 Å². The number of nitrogens with zero attached hydrogens (tertiary/aromatic N) is 1. The lowest BCUT2D eigenvalue weighted by atomic mass is 10.00. The van der Waals surface area contributed by atoms with E-state index < -0.39 is 0 Å². The first kappa shape index (κ1) is 18.7. The number of likely N-dealkylation sites (tertiary alicyclic amines) is 1. The smallest absolute Gasteiger partial charge is 0.253 e. The summed E-state index contributed by atoms with van der Waals surface area (Å²) >= 11 is 0. The zero-order chi connectivity index (χ0) is 16.2. The predicted molar refractivity (Wildman–Crippen MR) is 97.4 cm³/mol. The fourth-order valence-corrected chi connectivity index (χ4v) is 3.57. The van der Waals surface area contributed by atoms with Crippen LogP contribution in [0, 0.1) is 5.92 Å². The molecule has 1 aromatic rings. The molecule has 0 bridgehead atoms. The maximum atomic E-state index is 12.3. The SMILES string of the molecule is Cl.N[C@@H]1CCC[C@H]1CC(=O)Nc1ccc(C(=O)N2CCCC2)cc1. The van der Waals surface area contributed by atoms with Gasteiger partial charge in [-0.2, -0.15) is 0 Å². The van der Waals surface area contributed by atoms with Crippen molar-refractivity contribution < 1.29 is 9.59 Å². The third-order valence-corrected chi connectivity index (χ3v) is 4.97. The van der Waals surface area contributed by atoms with E-state index in [2.05, 4.69) is 5.32 Å². The standard InChI is InChI=1S/C18H25N3O2.ClH/c19-16-5-3-4-14(16)12-17(22)20-15-8-6-13(7-9-15)18(23)21-10-1-2-11-21;/h6-9,14,16H,1-5,10-12,19H2,(H,20,22);1H/t14-,16+;/m0./s1. The second-order valence-corrected chi connectivity index (χ2v) is 6.68. The van der Waals surface area contributed by atoms with Crippen LogP contribution in [-0.2, 0) is 4.79 Å². The van der Waals surface area contributed by atoms with Crippen LogP contribution >= 0.6 is 12.4 Å². The summed E-state index contributed by atoms with van der Waals surface area (Å²) in [6, 6.07) is 7.34. The van der Waals surface area contributed by atoms with Crippen molar-refractivity contribution in [1.82, 2.24) is 4.90 Å². The van der Waals surface area contributed by atoms with Gasteiger partial charge in [0.2, 0.25) is 5.91 Å². The highest BCUT2D eigenvalue weighted by molar-refractivity contribution is 5.96. The molecule has 5 nitrogen and oxygen atoms in total. The van der Waals surface area contributed by atoms with Crippen LogP contribution in [0.1, 0.15) is 48.9 Å². The molecule has 24 heavy (non-hydrogen) atoms. The minimum Gasteiger partial charge on any atom is -0.339 e. The summed E-state index contributed by atoms with van der Waals surface area (Å²) < 4.78 is 0. The first-order chi connectivity index (χ1) is 11.1. The van der Waals surface area contributed by atoms with Gasteiger partial charge in [-0.3, -0.25) is 9.59 Å². The van der Waals surface area contributed by atoms with Gasteiger partial charge in [-0.25, -0.2) is 0 Å². The van der Waals surface area contributed by atoms with Gasteiger partial charge in [0.1, 0.15) is 0 Å². The van der Waals surface area contributed by atoms with Gasteiger partial charge in [-0.05, 0) is 55.9 Å². The lowest BCUT2D eigenvalue weighted by molar-refractivity contribution is -0.117. The number of hydrogen-bond donors (Lipinski definition) is 2. The number of amides is 2. The summed E-state index contributed by atoms with van der Waals surface area (Å²) in [5.74, 6) is 0.384. The molecule has 132 valence electrons. The van der Waals surface area contributed by atoms with E-state index >= 15 is 0 Å². The Morgan fingerprint density at radius 1 is 1.08 bits per heavy atom. The Balaban J connectivity index is 0.00000208. The van der Waals surface area contributed by atoms with Gasteiger partial charge in [0.15, 0.2) is 0 Å². The number of anilines is 1. The monoisotopic (exact) mass is 351 g/mol. The van der Waals surface area contributed by atoms with Gasteiger partial charge in [-0.15, -0.1) is 12.4 Å². The molecule has 6 heteroatoms. The van der Waals surface area contributed by atoms with E-state index in [1.807, 2.05) is 4.90 Å². The van der Waals surface area contributed by atoms with Crippen LogP contribution < -0.4 is 11.1 Å². The average molecular weight is 352 g/mol. The van der Waals surface area contributed by atoms with Gasteiger partial charge in [0.25, 0.3) is 5.91 Å². The van der Waals surface area contributed by atoms with Crippen LogP contribution in [0.3, 0.4) is 0 Å². The minimum absolute atomic E-state index is 0. The lowest BCUT2D eigenvalue weighted by Gasteiger charge is -2.16. The Kier molecular flexibility index (Phi) is 6.63. The topological polar surface area (TPSA) is 75.4 Å². The number of carbonyl (C=O) groups is 2. The van der Waals surface area contributed by atoms with E-state index in [-0.39, 0.29) is 30.3 Å². The molecular formula is C18H26ClN3O2. The lowest BCUT2D eigenvalue weighted by Crippen LogP contribution is -2.28. The van der Waals surface area contributed by atoms with Crippen molar-refractivity contribution in [3.05, 3.63) is 29.8 Å². The van der Waals surface area contributed by atoms with Crippen molar-refractivity contribution in [3.63, 3.8) is 0 Å². The quantitative estimate of drug-likeness (QED) is 0.875. The van der Waals surface area contributed by atoms with Crippen molar-refractivity contribution in [3.8, 4) is 0 Å². The van der Waals surface area contributed by atoms with E-state index in [1.165, 1.54) is 0 Å². The van der Waals surface area contributed by atoms with Gasteiger partial charge in [-0.1, -0.05) is 6.42 Å². The highest BCUT2D eigenvalue weighted by Crippen LogP contribution is 2.27. The number of hydrogen-bond acceptors (Lipinski definition) is 3. The molecule has 0 aromatic heterocycles. The van der Waals surface area contributed by atoms with E-state index in [9.17, 15) is 9.59 Å². The summed E-state index contributed by atoms with van der Waals surface area (Å²) in [7, 11) is 0. The fourth-order valence-electron chi connectivity index (χ4n) is 3.57. The molecule has 2 aliphatic rings. The Hall–Kier alpha value is -1.59. The van der Waals surface area contributed by atoms with E-state index in [4.69, 9.17) is 5.73 Å². The predicted octanol–water partition coefficient (Wildman–Crippen LogP) is 2.80. The third-order valence-electron chi connectivity index (χ3n) is 4.97. The first-order valence-electron chi connectivity index (χ1n) is 8.58. The zero-order valence-electron chi connectivity index (χ0n) is 13.9. The molecule has 1 saturated carbocycles. The molecular weight excluding hydrogens is 326 g/mol. The second-order valence-electron chi connectivity index (χ2n) is 6.68. The minimum atomic E-state index is 0. The maximum absolute atomic E-state index is 12.3. The largest absolute Gasteiger partial charge is 0.339 e. The van der Waals surface area contributed by atoms with E-state index in [0.717, 1.165) is 50.9 Å². The van der Waals surface area contributed by atoms with Crippen molar-refractivity contribution in [2.24, 2.45) is 11.7 Å². The summed E-state index contributed by atoms with van der Waals surface area (Å²) in [6.07, 6.45) is 5.83. The molecule has 0 radical (unpaired) electrons. The highest BCUT2D eigenvalue weighted by Gasteiger charge is 2.26. The number of rotatable bonds is 4. The fraction of sp³-hybridized carbons (Fsp3) is 0.556. The second kappa shape index (κ2) is 8.49. The Bertz CT molecular complexity index is 570. The molecule has 2 fully saturated rings. The third kappa shape index (κ3) is 4.48. The number of nitrogens with two attached hydrogens (primary N) is 1. The van der Waals surface area contributed by atoms with Gasteiger partial charge in [0, 0.05) is 36.8 Å². The molecule has 2 amide bonds. The van der Waals surface area contributed by atoms with Crippen LogP contribution in [-0.4, -0.2) is 35.8 Å². The molecule has 0 unspecified atom stereocenters. The summed E-state index contributed by atoms with van der Waals surface area (Å²) in [4.78, 5) is 26.3. The molecule has 0 spiro atoms. The highest BCUT2D eigenvalue weighted by atomic mass is 35.5. The van der Waals surface area contributed by atoms with Crippen molar-refractivity contribution in [2.75, 3.05) is 18.4 Å². The van der Waals surface area contributed by atoms with Crippen molar-refractivity contribution in [1.29, 1.82) is 0 Å². The summed E-state index contributed by atoms with van der Waals surface area (Å²) in [5, 5.41) is 2.91. The first-order valence-corrected chi connectivity index (χ1v) is 8.58. The molecule has 1 aliphatic heterocycles. The van der Waals surface area contributed by atoms with Gasteiger partial charge < -0.3 is 16.0 Å². The molecule has 1 heterocycles. The number of carbonyl (C=O) groups excluding carboxylic acids is 2. The number of nitrogens with one attached hydrogen (secondary N) is 1. The Labute approximate surface area is 149 Å². The van der Waals surface area contributed by atoms with E-state index in [0.29, 0.717) is 17.9 Å². The van der Waals surface area contributed by atoms with Crippen LogP contribution in [0.4, 0.5) is 5.69 Å². The van der Waals surface area contributed by atoms with Gasteiger partial charge in [0.05, 0.1) is 0 Å². The zero-order valence-corrected chi connectivity index (χ0v) is 14.7. The van der Waals surface area contributed by atoms with Crippen LogP contribution in [0.2, 0.25) is 0 Å².